The summed E-state index contributed by atoms with van der Waals surface area (Å²) >= 11 is 0. The minimum atomic E-state index is -0.821. The van der Waals surface area contributed by atoms with Gasteiger partial charge in [-0.1, -0.05) is 36.4 Å². The molecular weight excluding hydrogens is 342 g/mol. The first kappa shape index (κ1) is 20.5. The summed E-state index contributed by atoms with van der Waals surface area (Å²) in [7, 11) is 0. The fraction of sp³-hybridized carbons (Fsp3) is 0.364. The number of benzene rings is 2. The maximum absolute atomic E-state index is 12.7. The SMILES string of the molecule is Cc1ccccc1C(C)(C)C(=O)NCc1ccc(OCCCC(=O)O)cc1. The molecule has 5 heteroatoms. The highest BCUT2D eigenvalue weighted by molar-refractivity contribution is 5.87. The Morgan fingerprint density at radius 3 is 2.37 bits per heavy atom. The van der Waals surface area contributed by atoms with Gasteiger partial charge in [-0.15, -0.1) is 0 Å². The summed E-state index contributed by atoms with van der Waals surface area (Å²) < 4.78 is 5.51. The fourth-order valence-corrected chi connectivity index (χ4v) is 2.92. The molecule has 0 radical (unpaired) electrons. The Bertz CT molecular complexity index is 781. The molecule has 2 N–H and O–H groups in total. The van der Waals surface area contributed by atoms with Crippen LogP contribution in [0.15, 0.2) is 48.5 Å². The minimum absolute atomic E-state index is 0.0224. The van der Waals surface area contributed by atoms with Gasteiger partial charge in [-0.25, -0.2) is 0 Å². The number of aliphatic carboxylic acids is 1. The second-order valence-corrected chi connectivity index (χ2v) is 7.11. The smallest absolute Gasteiger partial charge is 0.303 e. The van der Waals surface area contributed by atoms with Crippen LogP contribution in [0.5, 0.6) is 5.75 Å². The van der Waals surface area contributed by atoms with Crippen LogP contribution in [-0.2, 0) is 21.5 Å². The number of amides is 1. The highest BCUT2D eigenvalue weighted by Crippen LogP contribution is 2.26. The highest BCUT2D eigenvalue weighted by Gasteiger charge is 2.30. The molecule has 0 aliphatic rings. The first-order valence-electron chi connectivity index (χ1n) is 9.08. The van der Waals surface area contributed by atoms with Gasteiger partial charge in [0.1, 0.15) is 5.75 Å². The molecule has 0 aromatic heterocycles. The highest BCUT2D eigenvalue weighted by atomic mass is 16.5. The zero-order valence-electron chi connectivity index (χ0n) is 16.1. The van der Waals surface area contributed by atoms with Gasteiger partial charge in [0.15, 0.2) is 0 Å². The maximum Gasteiger partial charge on any atom is 0.303 e. The number of carboxylic acids is 1. The van der Waals surface area contributed by atoms with Crippen LogP contribution in [0.3, 0.4) is 0 Å². The second kappa shape index (κ2) is 9.21. The lowest BCUT2D eigenvalue weighted by atomic mass is 9.81. The van der Waals surface area contributed by atoms with Crippen molar-refractivity contribution in [1.29, 1.82) is 0 Å². The quantitative estimate of drug-likeness (QED) is 0.659. The van der Waals surface area contributed by atoms with Gasteiger partial charge in [-0.2, -0.15) is 0 Å². The molecule has 0 atom stereocenters. The van der Waals surface area contributed by atoms with Crippen LogP contribution >= 0.6 is 0 Å². The van der Waals surface area contributed by atoms with Crippen molar-refractivity contribution < 1.29 is 19.4 Å². The molecule has 0 spiro atoms. The number of aryl methyl sites for hydroxylation is 1. The number of hydrogen-bond donors (Lipinski definition) is 2. The number of hydrogen-bond acceptors (Lipinski definition) is 3. The van der Waals surface area contributed by atoms with Gasteiger partial charge in [-0.3, -0.25) is 9.59 Å². The summed E-state index contributed by atoms with van der Waals surface area (Å²) in [6, 6.07) is 15.4. The number of rotatable bonds is 9. The third kappa shape index (κ3) is 5.84. The van der Waals surface area contributed by atoms with Gasteiger partial charge in [0, 0.05) is 13.0 Å². The molecule has 0 aliphatic carbocycles. The molecule has 0 unspecified atom stereocenters. The van der Waals surface area contributed by atoms with E-state index < -0.39 is 11.4 Å². The van der Waals surface area contributed by atoms with Gasteiger partial charge >= 0.3 is 5.97 Å². The number of ether oxygens (including phenoxy) is 1. The average Bonchev–Trinajstić information content (AvgIpc) is 2.64. The van der Waals surface area contributed by atoms with E-state index >= 15 is 0 Å². The summed E-state index contributed by atoms with van der Waals surface area (Å²) in [5.74, 6) is -0.153. The van der Waals surface area contributed by atoms with Gasteiger partial charge < -0.3 is 15.2 Å². The van der Waals surface area contributed by atoms with Gasteiger partial charge in [-0.05, 0) is 56.0 Å². The molecule has 0 saturated carbocycles. The number of carbonyl (C=O) groups excluding carboxylic acids is 1. The van der Waals surface area contributed by atoms with E-state index in [2.05, 4.69) is 5.32 Å². The largest absolute Gasteiger partial charge is 0.494 e. The molecule has 0 heterocycles. The van der Waals surface area contributed by atoms with E-state index in [4.69, 9.17) is 9.84 Å². The molecule has 2 aromatic rings. The normalized spacial score (nSPS) is 11.1. The molecule has 27 heavy (non-hydrogen) atoms. The van der Waals surface area contributed by atoms with Crippen LogP contribution < -0.4 is 10.1 Å². The van der Waals surface area contributed by atoms with Crippen molar-refractivity contribution in [2.75, 3.05) is 6.61 Å². The van der Waals surface area contributed by atoms with Crippen molar-refractivity contribution in [3.63, 3.8) is 0 Å². The zero-order valence-corrected chi connectivity index (χ0v) is 16.1. The van der Waals surface area contributed by atoms with Gasteiger partial charge in [0.25, 0.3) is 0 Å². The molecule has 1 amide bonds. The average molecular weight is 369 g/mol. The lowest BCUT2D eigenvalue weighted by molar-refractivity contribution is -0.137. The molecule has 0 aliphatic heterocycles. The Kier molecular flexibility index (Phi) is 6.99. The summed E-state index contributed by atoms with van der Waals surface area (Å²) in [4.78, 5) is 23.2. The van der Waals surface area contributed by atoms with E-state index in [1.165, 1.54) is 0 Å². The van der Waals surface area contributed by atoms with Crippen molar-refractivity contribution >= 4 is 11.9 Å². The molecule has 2 aromatic carbocycles. The first-order chi connectivity index (χ1) is 12.8. The van der Waals surface area contributed by atoms with E-state index in [1.54, 1.807) is 0 Å². The number of carboxylic acid groups (broad SMARTS) is 1. The lowest BCUT2D eigenvalue weighted by Gasteiger charge is -2.26. The molecule has 0 fully saturated rings. The van der Waals surface area contributed by atoms with Crippen molar-refractivity contribution in [2.24, 2.45) is 0 Å². The predicted molar refractivity (Wildman–Crippen MR) is 105 cm³/mol. The van der Waals surface area contributed by atoms with Crippen LogP contribution in [0.4, 0.5) is 0 Å². The Morgan fingerprint density at radius 2 is 1.74 bits per heavy atom. The monoisotopic (exact) mass is 369 g/mol. The van der Waals surface area contributed by atoms with Gasteiger partial charge in [0.2, 0.25) is 5.91 Å². The Balaban J connectivity index is 1.88. The molecule has 2 rings (SSSR count). The van der Waals surface area contributed by atoms with Crippen LogP contribution in [0.2, 0.25) is 0 Å². The van der Waals surface area contributed by atoms with Gasteiger partial charge in [0.05, 0.1) is 12.0 Å². The Labute approximate surface area is 160 Å². The molecule has 0 saturated heterocycles. The summed E-state index contributed by atoms with van der Waals surface area (Å²) in [5.41, 5.74) is 2.48. The van der Waals surface area contributed by atoms with E-state index in [0.717, 1.165) is 16.7 Å². The van der Waals surface area contributed by atoms with E-state index in [9.17, 15) is 9.59 Å². The minimum Gasteiger partial charge on any atom is -0.494 e. The lowest BCUT2D eigenvalue weighted by Crippen LogP contribution is -2.40. The third-order valence-electron chi connectivity index (χ3n) is 4.57. The van der Waals surface area contributed by atoms with Crippen LogP contribution in [-0.4, -0.2) is 23.6 Å². The molecule has 0 bridgehead atoms. The van der Waals surface area contributed by atoms with Crippen LogP contribution in [0, 0.1) is 6.92 Å². The van der Waals surface area contributed by atoms with Crippen molar-refractivity contribution in [3.8, 4) is 5.75 Å². The van der Waals surface area contributed by atoms with E-state index in [0.29, 0.717) is 25.3 Å². The fourth-order valence-electron chi connectivity index (χ4n) is 2.92. The van der Waals surface area contributed by atoms with E-state index in [1.807, 2.05) is 69.3 Å². The maximum atomic E-state index is 12.7. The molecular formula is C22H27NO4. The van der Waals surface area contributed by atoms with Crippen molar-refractivity contribution in [3.05, 3.63) is 65.2 Å². The number of nitrogens with one attached hydrogen (secondary N) is 1. The topological polar surface area (TPSA) is 75.6 Å². The zero-order chi connectivity index (χ0) is 19.9. The third-order valence-corrected chi connectivity index (χ3v) is 4.57. The predicted octanol–water partition coefficient (Wildman–Crippen LogP) is 3.83. The van der Waals surface area contributed by atoms with Crippen molar-refractivity contribution in [2.45, 2.75) is 45.6 Å². The Morgan fingerprint density at radius 1 is 1.07 bits per heavy atom. The summed E-state index contributed by atoms with van der Waals surface area (Å²) in [6.07, 6.45) is 0.571. The second-order valence-electron chi connectivity index (χ2n) is 7.11. The summed E-state index contributed by atoms with van der Waals surface area (Å²) in [6.45, 7) is 6.68. The van der Waals surface area contributed by atoms with Crippen LogP contribution in [0.25, 0.3) is 0 Å². The standard InChI is InChI=1S/C22H27NO4/c1-16-7-4-5-8-19(16)22(2,3)21(26)23-15-17-10-12-18(13-11-17)27-14-6-9-20(24)25/h4-5,7-8,10-13H,6,9,14-15H2,1-3H3,(H,23,26)(H,24,25). The Hall–Kier alpha value is -2.82. The molecule has 144 valence electrons. The van der Waals surface area contributed by atoms with Crippen molar-refractivity contribution in [1.82, 2.24) is 5.32 Å². The summed E-state index contributed by atoms with van der Waals surface area (Å²) in [5, 5.41) is 11.6. The first-order valence-corrected chi connectivity index (χ1v) is 9.08. The molecule has 5 nitrogen and oxygen atoms in total. The van der Waals surface area contributed by atoms with E-state index in [-0.39, 0.29) is 12.3 Å². The van der Waals surface area contributed by atoms with Crippen LogP contribution in [0.1, 0.15) is 43.4 Å². The number of carbonyl (C=O) groups is 2.